The molecular weight excluding hydrogens is 308 g/mol. The van der Waals surface area contributed by atoms with Crippen LogP contribution in [0.2, 0.25) is 0 Å². The van der Waals surface area contributed by atoms with Crippen molar-refractivity contribution in [1.29, 1.82) is 0 Å². The van der Waals surface area contributed by atoms with Gasteiger partial charge in [0.05, 0.1) is 0 Å². The monoisotopic (exact) mass is 338 g/mol. The lowest BCUT2D eigenvalue weighted by Crippen LogP contribution is -2.48. The maximum absolute atomic E-state index is 12.0. The normalized spacial score (nSPS) is 11.8. The topological polar surface area (TPSA) is 92.9 Å². The standard InChI is InChI=1S/C15H22N2O3.C3H8O/c1-15(2,3)20-14(19)17(4)12(13(16)18)10-11-8-6-5-7-9-11;1-2-3-4/h5-9,12H,10H2,1-4H3,(H2,16,18);4H,2-3H2,1H3/t12-;/m1./s1. The van der Waals surface area contributed by atoms with Gasteiger partial charge in [0.15, 0.2) is 0 Å². The van der Waals surface area contributed by atoms with Crippen molar-refractivity contribution in [3.05, 3.63) is 35.9 Å². The van der Waals surface area contributed by atoms with E-state index in [0.29, 0.717) is 13.0 Å². The van der Waals surface area contributed by atoms with Crippen LogP contribution in [0.25, 0.3) is 0 Å². The van der Waals surface area contributed by atoms with Crippen molar-refractivity contribution in [2.24, 2.45) is 5.73 Å². The average molecular weight is 338 g/mol. The van der Waals surface area contributed by atoms with E-state index in [0.717, 1.165) is 12.0 Å². The molecule has 0 spiro atoms. The van der Waals surface area contributed by atoms with Crippen molar-refractivity contribution in [3.63, 3.8) is 0 Å². The summed E-state index contributed by atoms with van der Waals surface area (Å²) in [6.07, 6.45) is 0.684. The van der Waals surface area contributed by atoms with E-state index in [1.165, 1.54) is 11.9 Å². The van der Waals surface area contributed by atoms with Gasteiger partial charge in [-0.15, -0.1) is 0 Å². The molecule has 0 aliphatic rings. The number of likely N-dealkylation sites (N-methyl/N-ethyl adjacent to an activating group) is 1. The van der Waals surface area contributed by atoms with Crippen molar-refractivity contribution < 1.29 is 19.4 Å². The second kappa shape index (κ2) is 10.6. The van der Waals surface area contributed by atoms with Crippen molar-refractivity contribution in [1.82, 2.24) is 4.90 Å². The Morgan fingerprint density at radius 3 is 2.12 bits per heavy atom. The summed E-state index contributed by atoms with van der Waals surface area (Å²) in [4.78, 5) is 24.8. The first-order chi connectivity index (χ1) is 11.1. The van der Waals surface area contributed by atoms with Crippen LogP contribution < -0.4 is 5.73 Å². The molecule has 136 valence electrons. The summed E-state index contributed by atoms with van der Waals surface area (Å²) >= 11 is 0. The Balaban J connectivity index is 0.00000118. The van der Waals surface area contributed by atoms with E-state index in [-0.39, 0.29) is 0 Å². The maximum Gasteiger partial charge on any atom is 0.410 e. The Hall–Kier alpha value is -2.08. The molecule has 1 atom stereocenters. The molecule has 0 radical (unpaired) electrons. The Morgan fingerprint density at radius 1 is 1.25 bits per heavy atom. The molecule has 1 rings (SSSR count). The Labute approximate surface area is 144 Å². The zero-order chi connectivity index (χ0) is 18.8. The molecule has 0 aromatic heterocycles. The third kappa shape index (κ3) is 9.15. The van der Waals surface area contributed by atoms with Crippen LogP contribution in [0.3, 0.4) is 0 Å². The third-order valence-electron chi connectivity index (χ3n) is 2.97. The first-order valence-electron chi connectivity index (χ1n) is 8.02. The smallest absolute Gasteiger partial charge is 0.410 e. The van der Waals surface area contributed by atoms with Crippen LogP contribution in [0.4, 0.5) is 4.79 Å². The number of hydrogen-bond acceptors (Lipinski definition) is 4. The molecule has 24 heavy (non-hydrogen) atoms. The van der Waals surface area contributed by atoms with Crippen LogP contribution in [0.5, 0.6) is 0 Å². The van der Waals surface area contributed by atoms with E-state index in [1.54, 1.807) is 20.8 Å². The molecular formula is C18H30N2O4. The summed E-state index contributed by atoms with van der Waals surface area (Å²) in [6.45, 7) is 7.57. The van der Waals surface area contributed by atoms with E-state index >= 15 is 0 Å². The van der Waals surface area contributed by atoms with Crippen LogP contribution >= 0.6 is 0 Å². The fraction of sp³-hybridized carbons (Fsp3) is 0.556. The first kappa shape index (κ1) is 21.9. The highest BCUT2D eigenvalue weighted by molar-refractivity contribution is 5.84. The largest absolute Gasteiger partial charge is 0.444 e. The fourth-order valence-corrected chi connectivity index (χ4v) is 1.73. The highest BCUT2D eigenvalue weighted by Gasteiger charge is 2.28. The minimum absolute atomic E-state index is 0.319. The molecule has 0 unspecified atom stereocenters. The van der Waals surface area contributed by atoms with Crippen LogP contribution in [0.15, 0.2) is 30.3 Å². The van der Waals surface area contributed by atoms with Gasteiger partial charge in [-0.3, -0.25) is 9.69 Å². The zero-order valence-electron chi connectivity index (χ0n) is 15.3. The third-order valence-corrected chi connectivity index (χ3v) is 2.97. The molecule has 3 N–H and O–H groups in total. The first-order valence-corrected chi connectivity index (χ1v) is 8.02. The van der Waals surface area contributed by atoms with E-state index < -0.39 is 23.6 Å². The number of nitrogens with zero attached hydrogens (tertiary/aromatic N) is 1. The van der Waals surface area contributed by atoms with Gasteiger partial charge in [-0.05, 0) is 32.8 Å². The van der Waals surface area contributed by atoms with Crippen molar-refractivity contribution in [2.75, 3.05) is 13.7 Å². The van der Waals surface area contributed by atoms with E-state index in [9.17, 15) is 9.59 Å². The minimum atomic E-state index is -0.729. The van der Waals surface area contributed by atoms with Crippen molar-refractivity contribution in [3.8, 4) is 0 Å². The number of primary amides is 1. The number of amides is 2. The van der Waals surface area contributed by atoms with Gasteiger partial charge < -0.3 is 15.6 Å². The average Bonchev–Trinajstić information content (AvgIpc) is 2.51. The summed E-state index contributed by atoms with van der Waals surface area (Å²) in [5.74, 6) is -0.554. The maximum atomic E-state index is 12.0. The summed E-state index contributed by atoms with van der Waals surface area (Å²) in [5.41, 5.74) is 5.72. The Kier molecular flexibility index (Phi) is 9.73. The van der Waals surface area contributed by atoms with Crippen molar-refractivity contribution in [2.45, 2.75) is 52.2 Å². The molecule has 0 saturated carbocycles. The number of aliphatic hydroxyl groups excluding tert-OH is 1. The molecule has 0 bridgehead atoms. The SMILES string of the molecule is CCCO.CN(C(=O)OC(C)(C)C)[C@H](Cc1ccccc1)C(N)=O. The molecule has 0 aliphatic heterocycles. The zero-order valence-corrected chi connectivity index (χ0v) is 15.3. The number of ether oxygens (including phenoxy) is 1. The summed E-state index contributed by atoms with van der Waals surface area (Å²) in [6, 6.07) is 8.69. The van der Waals surface area contributed by atoms with Gasteiger partial charge in [0.1, 0.15) is 11.6 Å². The molecule has 0 aliphatic carbocycles. The van der Waals surface area contributed by atoms with E-state index in [4.69, 9.17) is 15.6 Å². The number of carbonyl (C=O) groups excluding carboxylic acids is 2. The van der Waals surface area contributed by atoms with E-state index in [1.807, 2.05) is 37.3 Å². The Bertz CT molecular complexity index is 495. The highest BCUT2D eigenvalue weighted by Crippen LogP contribution is 2.13. The molecule has 0 heterocycles. The predicted molar refractivity (Wildman–Crippen MR) is 94.5 cm³/mol. The summed E-state index contributed by atoms with van der Waals surface area (Å²) in [5, 5.41) is 7.88. The number of aliphatic hydroxyl groups is 1. The van der Waals surface area contributed by atoms with Gasteiger partial charge in [0.25, 0.3) is 0 Å². The van der Waals surface area contributed by atoms with E-state index in [2.05, 4.69) is 0 Å². The molecule has 0 fully saturated rings. The molecule has 0 saturated heterocycles. The summed E-state index contributed by atoms with van der Waals surface area (Å²) in [7, 11) is 1.52. The number of nitrogens with two attached hydrogens (primary N) is 1. The lowest BCUT2D eigenvalue weighted by Gasteiger charge is -2.29. The van der Waals surface area contributed by atoms with Crippen LogP contribution in [0.1, 0.15) is 39.7 Å². The predicted octanol–water partition coefficient (Wildman–Crippen LogP) is 2.34. The number of carbonyl (C=O) groups is 2. The second-order valence-corrected chi connectivity index (χ2v) is 6.42. The van der Waals surface area contributed by atoms with Crippen molar-refractivity contribution >= 4 is 12.0 Å². The van der Waals surface area contributed by atoms with Crippen LogP contribution in [-0.2, 0) is 16.0 Å². The Morgan fingerprint density at radius 2 is 1.75 bits per heavy atom. The van der Waals surface area contributed by atoms with Crippen LogP contribution in [-0.4, -0.2) is 47.3 Å². The molecule has 6 heteroatoms. The molecule has 2 amide bonds. The summed E-state index contributed by atoms with van der Waals surface area (Å²) < 4.78 is 5.25. The van der Waals surface area contributed by atoms with Gasteiger partial charge in [-0.1, -0.05) is 37.3 Å². The highest BCUT2D eigenvalue weighted by atomic mass is 16.6. The van der Waals surface area contributed by atoms with Gasteiger partial charge in [-0.25, -0.2) is 4.79 Å². The lowest BCUT2D eigenvalue weighted by molar-refractivity contribution is -0.122. The second-order valence-electron chi connectivity index (χ2n) is 6.42. The number of rotatable bonds is 5. The minimum Gasteiger partial charge on any atom is -0.444 e. The molecule has 1 aromatic rings. The molecule has 6 nitrogen and oxygen atoms in total. The van der Waals surface area contributed by atoms with Gasteiger partial charge in [0.2, 0.25) is 5.91 Å². The number of benzene rings is 1. The van der Waals surface area contributed by atoms with Gasteiger partial charge >= 0.3 is 6.09 Å². The van der Waals surface area contributed by atoms with Crippen LogP contribution in [0, 0.1) is 0 Å². The number of hydrogen-bond donors (Lipinski definition) is 2. The lowest BCUT2D eigenvalue weighted by atomic mass is 10.0. The fourth-order valence-electron chi connectivity index (χ4n) is 1.73. The van der Waals surface area contributed by atoms with Gasteiger partial charge in [-0.2, -0.15) is 0 Å². The van der Waals surface area contributed by atoms with Gasteiger partial charge in [0, 0.05) is 20.1 Å². The molecule has 1 aromatic carbocycles. The quantitative estimate of drug-likeness (QED) is 0.862.